The van der Waals surface area contributed by atoms with E-state index in [2.05, 4.69) is 54.9 Å². The molecule has 0 atom stereocenters. The standard InChI is InChI=1S/C25H30ClN7O2/c1-27-24(34)19-6-4-5-7-21(19)30-23-20(26)15-28-25(31-23)29-18-9-8-17-16-33(12-13-35-3)11-10-32(2)22(17)14-18/h4-9,14-15H,10-13,16H2,1-3H3,(H,27,34)(H2,28,29,30,31). The van der Waals surface area contributed by atoms with Gasteiger partial charge in [-0.1, -0.05) is 29.8 Å². The molecule has 1 amide bonds. The van der Waals surface area contributed by atoms with Crippen LogP contribution in [-0.2, 0) is 11.3 Å². The van der Waals surface area contributed by atoms with Gasteiger partial charge in [-0.25, -0.2) is 4.98 Å². The maximum absolute atomic E-state index is 12.2. The Hall–Kier alpha value is -3.40. The number of aromatic nitrogens is 2. The van der Waals surface area contributed by atoms with Gasteiger partial charge in [-0.2, -0.15) is 4.98 Å². The van der Waals surface area contributed by atoms with Crippen LogP contribution in [0.1, 0.15) is 15.9 Å². The van der Waals surface area contributed by atoms with Crippen molar-refractivity contribution in [2.75, 3.05) is 63.0 Å². The highest BCUT2D eigenvalue weighted by Gasteiger charge is 2.18. The summed E-state index contributed by atoms with van der Waals surface area (Å²) in [5.74, 6) is 0.597. The van der Waals surface area contributed by atoms with Crippen LogP contribution in [0.25, 0.3) is 0 Å². The number of anilines is 5. The number of benzene rings is 2. The van der Waals surface area contributed by atoms with Crippen LogP contribution in [0.15, 0.2) is 48.7 Å². The molecule has 35 heavy (non-hydrogen) atoms. The van der Waals surface area contributed by atoms with Crippen molar-refractivity contribution >= 4 is 46.3 Å². The highest BCUT2D eigenvalue weighted by atomic mass is 35.5. The Bertz CT molecular complexity index is 1190. The first-order valence-corrected chi connectivity index (χ1v) is 11.8. The first-order chi connectivity index (χ1) is 17.0. The molecule has 3 aromatic rings. The molecule has 4 rings (SSSR count). The van der Waals surface area contributed by atoms with Gasteiger partial charge in [0.25, 0.3) is 5.91 Å². The van der Waals surface area contributed by atoms with Crippen molar-refractivity contribution in [3.05, 3.63) is 64.8 Å². The summed E-state index contributed by atoms with van der Waals surface area (Å²) in [4.78, 5) is 25.8. The first-order valence-electron chi connectivity index (χ1n) is 11.4. The number of nitrogens with one attached hydrogen (secondary N) is 3. The van der Waals surface area contributed by atoms with Crippen LogP contribution in [0.4, 0.5) is 28.8 Å². The van der Waals surface area contributed by atoms with Gasteiger partial charge < -0.3 is 25.6 Å². The van der Waals surface area contributed by atoms with Crippen LogP contribution in [-0.4, -0.2) is 68.2 Å². The Morgan fingerprint density at radius 2 is 2.00 bits per heavy atom. The van der Waals surface area contributed by atoms with Gasteiger partial charge in [0, 0.05) is 58.8 Å². The average Bonchev–Trinajstić information content (AvgIpc) is 3.03. The molecule has 184 valence electrons. The van der Waals surface area contributed by atoms with E-state index in [4.69, 9.17) is 16.3 Å². The number of nitrogens with zero attached hydrogens (tertiary/aromatic N) is 4. The third-order valence-electron chi connectivity index (χ3n) is 5.91. The van der Waals surface area contributed by atoms with Gasteiger partial charge in [-0.05, 0) is 29.8 Å². The number of hydrogen-bond acceptors (Lipinski definition) is 8. The number of rotatable bonds is 8. The molecule has 2 aromatic carbocycles. The van der Waals surface area contributed by atoms with Crippen molar-refractivity contribution in [2.45, 2.75) is 6.54 Å². The second kappa shape index (κ2) is 11.4. The van der Waals surface area contributed by atoms with E-state index in [-0.39, 0.29) is 5.91 Å². The fourth-order valence-corrected chi connectivity index (χ4v) is 4.11. The molecule has 1 aromatic heterocycles. The molecule has 0 saturated carbocycles. The molecule has 3 N–H and O–H groups in total. The van der Waals surface area contributed by atoms with E-state index in [0.717, 1.165) is 38.5 Å². The lowest BCUT2D eigenvalue weighted by Gasteiger charge is -2.20. The van der Waals surface area contributed by atoms with Crippen LogP contribution in [0.2, 0.25) is 5.02 Å². The van der Waals surface area contributed by atoms with Crippen LogP contribution in [0, 0.1) is 0 Å². The molecule has 0 fully saturated rings. The minimum atomic E-state index is -0.202. The Kier molecular flexibility index (Phi) is 8.02. The molecule has 0 bridgehead atoms. The van der Waals surface area contributed by atoms with Crippen molar-refractivity contribution in [1.29, 1.82) is 0 Å². The SMILES string of the molecule is CNC(=O)c1ccccc1Nc1nc(Nc2ccc3c(c2)N(C)CCN(CCOC)C3)ncc1Cl. The summed E-state index contributed by atoms with van der Waals surface area (Å²) in [5, 5.41) is 9.43. The van der Waals surface area contributed by atoms with E-state index >= 15 is 0 Å². The van der Waals surface area contributed by atoms with Gasteiger partial charge in [0.15, 0.2) is 5.82 Å². The van der Waals surface area contributed by atoms with Gasteiger partial charge in [-0.3, -0.25) is 9.69 Å². The van der Waals surface area contributed by atoms with Crippen LogP contribution >= 0.6 is 11.6 Å². The highest BCUT2D eigenvalue weighted by Crippen LogP contribution is 2.30. The normalized spacial score (nSPS) is 13.7. The molecular weight excluding hydrogens is 466 g/mol. The summed E-state index contributed by atoms with van der Waals surface area (Å²) in [7, 11) is 5.43. The lowest BCUT2D eigenvalue weighted by molar-refractivity contribution is 0.0964. The molecular formula is C25H30ClN7O2. The van der Waals surface area contributed by atoms with Crippen LogP contribution in [0.5, 0.6) is 0 Å². The van der Waals surface area contributed by atoms with Crippen LogP contribution in [0.3, 0.4) is 0 Å². The number of para-hydroxylation sites is 1. The summed E-state index contributed by atoms with van der Waals surface area (Å²) in [6.07, 6.45) is 1.53. The molecule has 9 nitrogen and oxygen atoms in total. The van der Waals surface area contributed by atoms with E-state index < -0.39 is 0 Å². The first kappa shape index (κ1) is 24.7. The van der Waals surface area contributed by atoms with Crippen molar-refractivity contribution in [1.82, 2.24) is 20.2 Å². The number of carbonyl (C=O) groups excluding carboxylic acids is 1. The second-order valence-electron chi connectivity index (χ2n) is 8.30. The molecule has 0 saturated heterocycles. The van der Waals surface area contributed by atoms with Gasteiger partial charge >= 0.3 is 0 Å². The fraction of sp³-hybridized carbons (Fsp3) is 0.320. The molecule has 10 heteroatoms. The number of ether oxygens (including phenoxy) is 1. The van der Waals surface area contributed by atoms with Gasteiger partial charge in [0.2, 0.25) is 5.95 Å². The zero-order valence-corrected chi connectivity index (χ0v) is 20.9. The highest BCUT2D eigenvalue weighted by molar-refractivity contribution is 6.33. The number of fused-ring (bicyclic) bond motifs is 1. The minimum Gasteiger partial charge on any atom is -0.383 e. The number of likely N-dealkylation sites (N-methyl/N-ethyl adjacent to an activating group) is 1. The van der Waals surface area contributed by atoms with E-state index in [9.17, 15) is 4.79 Å². The maximum atomic E-state index is 12.2. The van der Waals surface area contributed by atoms with Gasteiger partial charge in [0.05, 0.1) is 24.1 Å². The monoisotopic (exact) mass is 495 g/mol. The summed E-state index contributed by atoms with van der Waals surface area (Å²) < 4.78 is 5.25. The third-order valence-corrected chi connectivity index (χ3v) is 6.18. The zero-order valence-electron chi connectivity index (χ0n) is 20.1. The molecule has 0 spiro atoms. The molecule has 1 aliphatic heterocycles. The summed E-state index contributed by atoms with van der Waals surface area (Å²) in [6, 6.07) is 13.4. The molecule has 0 aliphatic carbocycles. The van der Waals surface area contributed by atoms with Crippen molar-refractivity contribution in [2.24, 2.45) is 0 Å². The summed E-state index contributed by atoms with van der Waals surface area (Å²) in [6.45, 7) is 4.40. The maximum Gasteiger partial charge on any atom is 0.253 e. The quantitative estimate of drug-likeness (QED) is 0.433. The predicted octanol–water partition coefficient (Wildman–Crippen LogP) is 3.88. The topological polar surface area (TPSA) is 94.6 Å². The van der Waals surface area contributed by atoms with E-state index in [1.54, 1.807) is 32.4 Å². The zero-order chi connectivity index (χ0) is 24.8. The summed E-state index contributed by atoms with van der Waals surface area (Å²) >= 11 is 6.36. The minimum absolute atomic E-state index is 0.202. The Labute approximate surface area is 210 Å². The van der Waals surface area contributed by atoms with Gasteiger partial charge in [-0.15, -0.1) is 0 Å². The van der Waals surface area contributed by atoms with Crippen molar-refractivity contribution < 1.29 is 9.53 Å². The third kappa shape index (κ3) is 6.00. The molecule has 1 aliphatic rings. The van der Waals surface area contributed by atoms with Crippen molar-refractivity contribution in [3.63, 3.8) is 0 Å². The van der Waals surface area contributed by atoms with Crippen LogP contribution < -0.4 is 20.9 Å². The largest absolute Gasteiger partial charge is 0.383 e. The van der Waals surface area contributed by atoms with E-state index in [0.29, 0.717) is 28.0 Å². The fourth-order valence-electron chi connectivity index (χ4n) is 3.97. The number of hydrogen-bond donors (Lipinski definition) is 3. The predicted molar refractivity (Wildman–Crippen MR) is 140 cm³/mol. The Morgan fingerprint density at radius 3 is 2.80 bits per heavy atom. The average molecular weight is 496 g/mol. The molecule has 0 radical (unpaired) electrons. The molecule has 0 unspecified atom stereocenters. The Balaban J connectivity index is 1.54. The molecule has 2 heterocycles. The van der Waals surface area contributed by atoms with Crippen molar-refractivity contribution in [3.8, 4) is 0 Å². The number of halogens is 1. The number of amides is 1. The number of methoxy groups -OCH3 is 1. The van der Waals surface area contributed by atoms with Gasteiger partial charge in [0.1, 0.15) is 5.02 Å². The lowest BCUT2D eigenvalue weighted by Crippen LogP contribution is -2.31. The number of carbonyl (C=O) groups is 1. The van der Waals surface area contributed by atoms with E-state index in [1.165, 1.54) is 17.4 Å². The van der Waals surface area contributed by atoms with E-state index in [1.807, 2.05) is 12.1 Å². The lowest BCUT2D eigenvalue weighted by atomic mass is 10.1. The smallest absolute Gasteiger partial charge is 0.253 e. The Morgan fingerprint density at radius 1 is 1.17 bits per heavy atom. The summed E-state index contributed by atoms with van der Waals surface area (Å²) in [5.41, 5.74) is 4.40. The second-order valence-corrected chi connectivity index (χ2v) is 8.71.